The summed E-state index contributed by atoms with van der Waals surface area (Å²) in [7, 11) is 1.31. The molecule has 0 aliphatic heterocycles. The van der Waals surface area contributed by atoms with Crippen LogP contribution in [0.1, 0.15) is 54.4 Å². The summed E-state index contributed by atoms with van der Waals surface area (Å²) in [5, 5.41) is 10.9. The molecule has 4 aromatic rings. The number of nitro benzene ring substituents is 1. The number of ketones is 1. The van der Waals surface area contributed by atoms with Crippen molar-refractivity contribution in [1.29, 1.82) is 0 Å². The van der Waals surface area contributed by atoms with Crippen LogP contribution in [0.25, 0.3) is 0 Å². The average Bonchev–Trinajstić information content (AvgIpc) is 3.16. The fourth-order valence-corrected chi connectivity index (χ4v) is 4.72. The van der Waals surface area contributed by atoms with Crippen molar-refractivity contribution in [3.8, 4) is 0 Å². The number of aryl methyl sites for hydroxylation is 1. The van der Waals surface area contributed by atoms with E-state index in [-0.39, 0.29) is 17.0 Å². The van der Waals surface area contributed by atoms with Crippen molar-refractivity contribution in [3.05, 3.63) is 134 Å². The van der Waals surface area contributed by atoms with Crippen LogP contribution in [0.3, 0.4) is 0 Å². The Morgan fingerprint density at radius 1 is 0.838 bits per heavy atom. The molecule has 1 heterocycles. The zero-order valence-electron chi connectivity index (χ0n) is 21.1. The first-order valence-electron chi connectivity index (χ1n) is 12.0. The summed E-state index contributed by atoms with van der Waals surface area (Å²) in [6, 6.07) is 23.8. The lowest BCUT2D eigenvalue weighted by molar-refractivity contribution is -0.384. The van der Waals surface area contributed by atoms with E-state index in [4.69, 9.17) is 4.74 Å². The molecule has 0 saturated heterocycles. The number of carbonyl (C=O) groups excluding carboxylic acids is 2. The summed E-state index contributed by atoms with van der Waals surface area (Å²) >= 11 is 0. The van der Waals surface area contributed by atoms with Crippen LogP contribution in [0.15, 0.2) is 78.9 Å². The van der Waals surface area contributed by atoms with Gasteiger partial charge in [0.1, 0.15) is 0 Å². The lowest BCUT2D eigenvalue weighted by atomic mass is 9.92. The van der Waals surface area contributed by atoms with Crippen LogP contribution in [0.4, 0.5) is 5.69 Å². The molecule has 3 aromatic carbocycles. The van der Waals surface area contributed by atoms with Gasteiger partial charge in [0.05, 0.1) is 23.2 Å². The third-order valence-electron chi connectivity index (χ3n) is 6.67. The van der Waals surface area contributed by atoms with E-state index in [1.807, 2.05) is 66.9 Å². The van der Waals surface area contributed by atoms with Crippen LogP contribution in [-0.2, 0) is 24.1 Å². The first-order valence-corrected chi connectivity index (χ1v) is 12.0. The molecule has 0 saturated carbocycles. The number of aromatic nitrogens is 1. The molecule has 188 valence electrons. The minimum Gasteiger partial charge on any atom is -0.465 e. The Bertz CT molecular complexity index is 1450. The number of hydrogen-bond acceptors (Lipinski definition) is 5. The second-order valence-corrected chi connectivity index (χ2v) is 8.89. The normalized spacial score (nSPS) is 10.8. The predicted molar refractivity (Wildman–Crippen MR) is 141 cm³/mol. The predicted octanol–water partition coefficient (Wildman–Crippen LogP) is 5.86. The largest absolute Gasteiger partial charge is 0.465 e. The molecule has 4 rings (SSSR count). The van der Waals surface area contributed by atoms with Gasteiger partial charge in [0.25, 0.3) is 5.69 Å². The standard InChI is InChI=1S/C30H28N2O5/c1-20-27(29(33)26-12-8-7-11-24(26)19-23-9-5-4-6-10-23)28(30(34)37-3)21(2)31(20)18-17-22-13-15-25(16-14-22)32(35)36/h4-16H,17-19H2,1-3H3. The van der Waals surface area contributed by atoms with Gasteiger partial charge < -0.3 is 9.30 Å². The average molecular weight is 497 g/mol. The van der Waals surface area contributed by atoms with E-state index in [1.165, 1.54) is 19.2 Å². The maximum Gasteiger partial charge on any atom is 0.340 e. The molecule has 0 N–H and O–H groups in total. The molecule has 0 fully saturated rings. The van der Waals surface area contributed by atoms with Crippen molar-refractivity contribution in [2.24, 2.45) is 0 Å². The van der Waals surface area contributed by atoms with Gasteiger partial charge in [0, 0.05) is 35.6 Å². The summed E-state index contributed by atoms with van der Waals surface area (Å²) in [4.78, 5) is 37.3. The molecular formula is C30H28N2O5. The van der Waals surface area contributed by atoms with E-state index in [1.54, 1.807) is 18.2 Å². The van der Waals surface area contributed by atoms with Crippen LogP contribution in [0.2, 0.25) is 0 Å². The molecule has 0 bridgehead atoms. The van der Waals surface area contributed by atoms with Crippen molar-refractivity contribution < 1.29 is 19.2 Å². The first-order chi connectivity index (χ1) is 17.8. The van der Waals surface area contributed by atoms with Crippen LogP contribution in [-0.4, -0.2) is 28.4 Å². The Balaban J connectivity index is 1.71. The number of non-ortho nitro benzene ring substituents is 1. The van der Waals surface area contributed by atoms with E-state index in [2.05, 4.69) is 0 Å². The SMILES string of the molecule is COC(=O)c1c(C(=O)c2ccccc2Cc2ccccc2)c(C)n(CCc2ccc([N+](=O)[O-])cc2)c1C. The number of ether oxygens (including phenoxy) is 1. The second-order valence-electron chi connectivity index (χ2n) is 8.89. The van der Waals surface area contributed by atoms with Crippen molar-refractivity contribution in [3.63, 3.8) is 0 Å². The Kier molecular flexibility index (Phi) is 7.63. The Morgan fingerprint density at radius 2 is 1.46 bits per heavy atom. The fraction of sp³-hybridized carbons (Fsp3) is 0.200. The van der Waals surface area contributed by atoms with E-state index in [9.17, 15) is 19.7 Å². The van der Waals surface area contributed by atoms with E-state index in [0.29, 0.717) is 41.9 Å². The molecule has 0 aliphatic carbocycles. The van der Waals surface area contributed by atoms with Gasteiger partial charge in [-0.05, 0) is 43.4 Å². The highest BCUT2D eigenvalue weighted by atomic mass is 16.6. The Morgan fingerprint density at radius 3 is 2.11 bits per heavy atom. The number of esters is 1. The zero-order valence-corrected chi connectivity index (χ0v) is 21.1. The fourth-order valence-electron chi connectivity index (χ4n) is 4.72. The van der Waals surface area contributed by atoms with Crippen LogP contribution in [0.5, 0.6) is 0 Å². The maximum absolute atomic E-state index is 14.0. The number of benzene rings is 3. The highest BCUT2D eigenvalue weighted by molar-refractivity contribution is 6.16. The first kappa shape index (κ1) is 25.6. The van der Waals surface area contributed by atoms with Gasteiger partial charge in [-0.1, -0.05) is 66.7 Å². The number of hydrogen-bond donors (Lipinski definition) is 0. The zero-order chi connectivity index (χ0) is 26.5. The third kappa shape index (κ3) is 5.35. The van der Waals surface area contributed by atoms with Crippen LogP contribution < -0.4 is 0 Å². The topological polar surface area (TPSA) is 91.4 Å². The van der Waals surface area contributed by atoms with Crippen molar-refractivity contribution in [2.75, 3.05) is 7.11 Å². The van der Waals surface area contributed by atoms with Gasteiger partial charge in [-0.3, -0.25) is 14.9 Å². The van der Waals surface area contributed by atoms with Crippen molar-refractivity contribution in [1.82, 2.24) is 4.57 Å². The molecule has 0 amide bonds. The van der Waals surface area contributed by atoms with Gasteiger partial charge >= 0.3 is 5.97 Å². The Labute approximate surface area is 215 Å². The highest BCUT2D eigenvalue weighted by Crippen LogP contribution is 2.28. The molecule has 0 aliphatic rings. The Hall–Kier alpha value is -4.52. The lowest BCUT2D eigenvalue weighted by Gasteiger charge is -2.11. The van der Waals surface area contributed by atoms with Crippen molar-refractivity contribution >= 4 is 17.4 Å². The molecule has 0 spiro atoms. The molecule has 1 aromatic heterocycles. The summed E-state index contributed by atoms with van der Waals surface area (Å²) < 4.78 is 7.01. The van der Waals surface area contributed by atoms with E-state index >= 15 is 0 Å². The smallest absolute Gasteiger partial charge is 0.340 e. The summed E-state index contributed by atoms with van der Waals surface area (Å²) in [5.74, 6) is -0.778. The number of nitrogens with zero attached hydrogens (tertiary/aromatic N) is 2. The van der Waals surface area contributed by atoms with E-state index < -0.39 is 10.9 Å². The minimum absolute atomic E-state index is 0.0344. The van der Waals surface area contributed by atoms with Crippen molar-refractivity contribution in [2.45, 2.75) is 33.2 Å². The highest BCUT2D eigenvalue weighted by Gasteiger charge is 2.29. The lowest BCUT2D eigenvalue weighted by Crippen LogP contribution is -2.13. The molecule has 7 nitrogen and oxygen atoms in total. The van der Waals surface area contributed by atoms with Gasteiger partial charge in [0.2, 0.25) is 0 Å². The maximum atomic E-state index is 14.0. The number of carbonyl (C=O) groups is 2. The molecule has 0 unspecified atom stereocenters. The van der Waals surface area contributed by atoms with E-state index in [0.717, 1.165) is 16.7 Å². The van der Waals surface area contributed by atoms with Gasteiger partial charge in [-0.2, -0.15) is 0 Å². The molecule has 0 atom stereocenters. The summed E-state index contributed by atoms with van der Waals surface area (Å²) in [6.45, 7) is 4.14. The monoisotopic (exact) mass is 496 g/mol. The molecule has 0 radical (unpaired) electrons. The van der Waals surface area contributed by atoms with Crippen LogP contribution in [0, 0.1) is 24.0 Å². The minimum atomic E-state index is -0.557. The van der Waals surface area contributed by atoms with Gasteiger partial charge in [-0.25, -0.2) is 4.79 Å². The number of nitro groups is 1. The summed E-state index contributed by atoms with van der Waals surface area (Å²) in [5.41, 5.74) is 5.40. The molecule has 37 heavy (non-hydrogen) atoms. The third-order valence-corrected chi connectivity index (χ3v) is 6.67. The van der Waals surface area contributed by atoms with Gasteiger partial charge in [-0.15, -0.1) is 0 Å². The molecular weight excluding hydrogens is 468 g/mol. The van der Waals surface area contributed by atoms with Gasteiger partial charge in [0.15, 0.2) is 5.78 Å². The molecule has 7 heteroatoms. The van der Waals surface area contributed by atoms with Crippen LogP contribution >= 0.6 is 0 Å². The summed E-state index contributed by atoms with van der Waals surface area (Å²) in [6.07, 6.45) is 1.17. The number of rotatable bonds is 9. The quantitative estimate of drug-likeness (QED) is 0.125. The second kappa shape index (κ2) is 11.0. The number of methoxy groups -OCH3 is 1.